The highest BCUT2D eigenvalue weighted by Crippen LogP contribution is 2.28. The van der Waals surface area contributed by atoms with E-state index in [1.807, 2.05) is 6.20 Å². The van der Waals surface area contributed by atoms with Crippen LogP contribution in [0.1, 0.15) is 47.8 Å². The molecule has 1 N–H and O–H groups in total. The predicted molar refractivity (Wildman–Crippen MR) is 84.9 cm³/mol. The smallest absolute Gasteiger partial charge is 0.335 e. The fourth-order valence-electron chi connectivity index (χ4n) is 3.14. The number of benzene rings is 1. The van der Waals surface area contributed by atoms with Crippen molar-refractivity contribution in [3.05, 3.63) is 47.3 Å². The average Bonchev–Trinajstić information content (AvgIpc) is 2.55. The summed E-state index contributed by atoms with van der Waals surface area (Å²) in [4.78, 5) is 20.1. The maximum absolute atomic E-state index is 10.9. The average molecular weight is 296 g/mol. The van der Waals surface area contributed by atoms with Crippen molar-refractivity contribution in [3.63, 3.8) is 0 Å². The van der Waals surface area contributed by atoms with Gasteiger partial charge in [-0.25, -0.2) is 14.8 Å². The van der Waals surface area contributed by atoms with Crippen LogP contribution in [0.2, 0.25) is 0 Å². The number of rotatable bonds is 4. The molecule has 0 saturated carbocycles. The maximum atomic E-state index is 10.9. The van der Waals surface area contributed by atoms with Gasteiger partial charge in [-0.15, -0.1) is 0 Å². The van der Waals surface area contributed by atoms with E-state index >= 15 is 0 Å². The Bertz CT molecular complexity index is 680. The van der Waals surface area contributed by atoms with Gasteiger partial charge in [0.05, 0.1) is 5.56 Å². The quantitative estimate of drug-likeness (QED) is 0.933. The lowest BCUT2D eigenvalue weighted by molar-refractivity contribution is 0.0697. The molecule has 3 rings (SSSR count). The molecular weight excluding hydrogens is 276 g/mol. The second-order valence-electron chi connectivity index (χ2n) is 5.95. The standard InChI is InChI=1S/C18H20N2O2/c1-2-3-12-4-9-16-15(10-12)11-19-17(20-16)13-5-7-14(8-6-13)18(21)22/h5-8,11-12H,2-4,9-10H2,1H3,(H,21,22). The van der Waals surface area contributed by atoms with Gasteiger partial charge >= 0.3 is 5.97 Å². The van der Waals surface area contributed by atoms with Gasteiger partial charge in [0.1, 0.15) is 0 Å². The zero-order valence-corrected chi connectivity index (χ0v) is 12.7. The summed E-state index contributed by atoms with van der Waals surface area (Å²) in [5.74, 6) is 0.534. The molecule has 4 heteroatoms. The summed E-state index contributed by atoms with van der Waals surface area (Å²) in [6.45, 7) is 2.23. The summed E-state index contributed by atoms with van der Waals surface area (Å²) in [6.07, 6.45) is 7.76. The van der Waals surface area contributed by atoms with E-state index in [0.29, 0.717) is 5.82 Å². The lowest BCUT2D eigenvalue weighted by atomic mass is 9.84. The molecule has 2 aromatic rings. The lowest BCUT2D eigenvalue weighted by Gasteiger charge is -2.23. The number of carboxylic acids is 1. The third kappa shape index (κ3) is 3.01. The van der Waals surface area contributed by atoms with Crippen LogP contribution in [0.4, 0.5) is 0 Å². The summed E-state index contributed by atoms with van der Waals surface area (Å²) in [7, 11) is 0. The van der Waals surface area contributed by atoms with Crippen LogP contribution in [0.3, 0.4) is 0 Å². The number of aromatic nitrogens is 2. The van der Waals surface area contributed by atoms with E-state index in [4.69, 9.17) is 10.1 Å². The Hall–Kier alpha value is -2.23. The molecule has 1 atom stereocenters. The molecule has 0 amide bonds. The first-order valence-electron chi connectivity index (χ1n) is 7.86. The Labute approximate surface area is 130 Å². The number of hydrogen-bond acceptors (Lipinski definition) is 3. The molecule has 114 valence electrons. The van der Waals surface area contributed by atoms with E-state index in [2.05, 4.69) is 11.9 Å². The topological polar surface area (TPSA) is 63.1 Å². The Morgan fingerprint density at radius 2 is 2.09 bits per heavy atom. The van der Waals surface area contributed by atoms with E-state index in [9.17, 15) is 4.79 Å². The van der Waals surface area contributed by atoms with Crippen LogP contribution in [0.5, 0.6) is 0 Å². The highest BCUT2D eigenvalue weighted by molar-refractivity contribution is 5.88. The van der Waals surface area contributed by atoms with Crippen LogP contribution in [-0.2, 0) is 12.8 Å². The molecule has 4 nitrogen and oxygen atoms in total. The molecule has 1 heterocycles. The Morgan fingerprint density at radius 1 is 1.32 bits per heavy atom. The number of carbonyl (C=O) groups is 1. The van der Waals surface area contributed by atoms with Gasteiger partial charge in [0.2, 0.25) is 0 Å². The molecule has 0 aliphatic heterocycles. The fourth-order valence-corrected chi connectivity index (χ4v) is 3.14. The van der Waals surface area contributed by atoms with Gasteiger partial charge in [0.25, 0.3) is 0 Å². The van der Waals surface area contributed by atoms with E-state index in [-0.39, 0.29) is 5.56 Å². The van der Waals surface area contributed by atoms with E-state index in [0.717, 1.165) is 30.0 Å². The molecule has 0 radical (unpaired) electrons. The van der Waals surface area contributed by atoms with Crippen molar-refractivity contribution in [2.75, 3.05) is 0 Å². The molecule has 0 fully saturated rings. The predicted octanol–water partition coefficient (Wildman–Crippen LogP) is 3.75. The van der Waals surface area contributed by atoms with Crippen molar-refractivity contribution in [3.8, 4) is 11.4 Å². The molecule has 0 spiro atoms. The summed E-state index contributed by atoms with van der Waals surface area (Å²) < 4.78 is 0. The molecule has 22 heavy (non-hydrogen) atoms. The fraction of sp³-hybridized carbons (Fsp3) is 0.389. The summed E-state index contributed by atoms with van der Waals surface area (Å²) >= 11 is 0. The van der Waals surface area contributed by atoms with Crippen LogP contribution >= 0.6 is 0 Å². The minimum absolute atomic E-state index is 0.282. The molecule has 1 aliphatic rings. The van der Waals surface area contributed by atoms with Crippen LogP contribution in [0.15, 0.2) is 30.5 Å². The number of hydrogen-bond donors (Lipinski definition) is 1. The molecule has 0 bridgehead atoms. The Morgan fingerprint density at radius 3 is 2.77 bits per heavy atom. The van der Waals surface area contributed by atoms with Crippen molar-refractivity contribution in [1.29, 1.82) is 0 Å². The maximum Gasteiger partial charge on any atom is 0.335 e. The molecule has 1 aliphatic carbocycles. The van der Waals surface area contributed by atoms with Gasteiger partial charge in [-0.2, -0.15) is 0 Å². The molecule has 1 aromatic heterocycles. The third-order valence-corrected chi connectivity index (χ3v) is 4.34. The van der Waals surface area contributed by atoms with Crippen molar-refractivity contribution in [2.45, 2.75) is 39.0 Å². The second-order valence-corrected chi connectivity index (χ2v) is 5.95. The largest absolute Gasteiger partial charge is 0.478 e. The molecule has 1 unspecified atom stereocenters. The second kappa shape index (κ2) is 6.26. The summed E-state index contributed by atoms with van der Waals surface area (Å²) in [5.41, 5.74) is 3.57. The van der Waals surface area contributed by atoms with Gasteiger partial charge in [0, 0.05) is 17.5 Å². The van der Waals surface area contributed by atoms with Crippen LogP contribution in [-0.4, -0.2) is 21.0 Å². The third-order valence-electron chi connectivity index (χ3n) is 4.34. The first-order chi connectivity index (χ1) is 10.7. The Kier molecular flexibility index (Phi) is 4.18. The van der Waals surface area contributed by atoms with Gasteiger partial charge in [-0.05, 0) is 42.9 Å². The van der Waals surface area contributed by atoms with Crippen LogP contribution < -0.4 is 0 Å². The zero-order valence-electron chi connectivity index (χ0n) is 12.7. The SMILES string of the molecule is CCCC1CCc2nc(-c3ccc(C(=O)O)cc3)ncc2C1. The van der Waals surface area contributed by atoms with Crippen LogP contribution in [0.25, 0.3) is 11.4 Å². The normalized spacial score (nSPS) is 17.0. The monoisotopic (exact) mass is 296 g/mol. The first-order valence-corrected chi connectivity index (χ1v) is 7.86. The van der Waals surface area contributed by atoms with Crippen molar-refractivity contribution in [2.24, 2.45) is 5.92 Å². The number of nitrogens with zero attached hydrogens (tertiary/aromatic N) is 2. The highest BCUT2D eigenvalue weighted by atomic mass is 16.4. The number of aromatic carboxylic acids is 1. The van der Waals surface area contributed by atoms with E-state index < -0.39 is 5.97 Å². The molecule has 0 saturated heterocycles. The minimum atomic E-state index is -0.917. The van der Waals surface area contributed by atoms with Gasteiger partial charge < -0.3 is 5.11 Å². The zero-order chi connectivity index (χ0) is 15.5. The number of carboxylic acid groups (broad SMARTS) is 1. The summed E-state index contributed by atoms with van der Waals surface area (Å²) in [6, 6.07) is 6.73. The van der Waals surface area contributed by atoms with Crippen molar-refractivity contribution < 1.29 is 9.90 Å². The van der Waals surface area contributed by atoms with E-state index in [1.165, 1.54) is 24.8 Å². The van der Waals surface area contributed by atoms with Crippen molar-refractivity contribution in [1.82, 2.24) is 9.97 Å². The van der Waals surface area contributed by atoms with Gasteiger partial charge in [0.15, 0.2) is 5.82 Å². The van der Waals surface area contributed by atoms with Gasteiger partial charge in [-0.1, -0.05) is 31.9 Å². The number of aryl methyl sites for hydroxylation is 1. The number of fused-ring (bicyclic) bond motifs is 1. The van der Waals surface area contributed by atoms with Crippen LogP contribution in [0, 0.1) is 5.92 Å². The molecular formula is C18H20N2O2. The molecule has 1 aromatic carbocycles. The van der Waals surface area contributed by atoms with Gasteiger partial charge in [-0.3, -0.25) is 0 Å². The summed E-state index contributed by atoms with van der Waals surface area (Å²) in [5, 5.41) is 8.94. The highest BCUT2D eigenvalue weighted by Gasteiger charge is 2.20. The van der Waals surface area contributed by atoms with E-state index in [1.54, 1.807) is 24.3 Å². The lowest BCUT2D eigenvalue weighted by Crippen LogP contribution is -2.16. The minimum Gasteiger partial charge on any atom is -0.478 e. The van der Waals surface area contributed by atoms with Crippen molar-refractivity contribution >= 4 is 5.97 Å². The Balaban J connectivity index is 1.83. The first kappa shape index (κ1) is 14.7.